The van der Waals surface area contributed by atoms with Crippen LogP contribution in [0, 0.1) is 5.92 Å². The minimum atomic E-state index is 0.569. The number of hydrogen-bond donors (Lipinski definition) is 1. The third kappa shape index (κ3) is 3.97. The Kier molecular flexibility index (Phi) is 5.26. The van der Waals surface area contributed by atoms with Gasteiger partial charge in [0.15, 0.2) is 0 Å². The molecule has 1 atom stereocenters. The lowest BCUT2D eigenvalue weighted by Crippen LogP contribution is -2.26. The summed E-state index contributed by atoms with van der Waals surface area (Å²) in [6.07, 6.45) is 3.90. The summed E-state index contributed by atoms with van der Waals surface area (Å²) in [6.45, 7) is 10.5. The third-order valence-electron chi connectivity index (χ3n) is 4.20. The molecule has 1 heterocycles. The van der Waals surface area contributed by atoms with E-state index in [0.717, 1.165) is 6.54 Å². The van der Waals surface area contributed by atoms with Crippen molar-refractivity contribution < 1.29 is 0 Å². The highest BCUT2D eigenvalue weighted by Gasteiger charge is 2.16. The standard InChI is InChI=1S/C17H28N2/c1-4-16(14(2)3)18-17-10-6-5-9-15(17)13-19-11-7-8-12-19/h5-6,9-10,14,16,18H,4,7-8,11-13H2,1-3H3. The molecule has 0 bridgehead atoms. The van der Waals surface area contributed by atoms with Gasteiger partial charge in [-0.3, -0.25) is 4.90 Å². The van der Waals surface area contributed by atoms with Crippen molar-refractivity contribution in [2.24, 2.45) is 5.92 Å². The maximum atomic E-state index is 3.74. The summed E-state index contributed by atoms with van der Waals surface area (Å²) < 4.78 is 0. The summed E-state index contributed by atoms with van der Waals surface area (Å²) in [4.78, 5) is 2.57. The van der Waals surface area contributed by atoms with Crippen LogP contribution in [0.25, 0.3) is 0 Å². The molecule has 1 aromatic carbocycles. The van der Waals surface area contributed by atoms with Gasteiger partial charge in [-0.05, 0) is 49.9 Å². The zero-order chi connectivity index (χ0) is 13.7. The number of hydrogen-bond acceptors (Lipinski definition) is 2. The van der Waals surface area contributed by atoms with Crippen molar-refractivity contribution in [1.29, 1.82) is 0 Å². The molecule has 19 heavy (non-hydrogen) atoms. The Morgan fingerprint density at radius 2 is 1.84 bits per heavy atom. The van der Waals surface area contributed by atoms with Gasteiger partial charge in [-0.2, -0.15) is 0 Å². The number of nitrogens with one attached hydrogen (secondary N) is 1. The Hall–Kier alpha value is -1.02. The number of benzene rings is 1. The van der Waals surface area contributed by atoms with Crippen LogP contribution in [-0.2, 0) is 6.54 Å². The molecule has 0 amide bonds. The van der Waals surface area contributed by atoms with Crippen molar-refractivity contribution >= 4 is 5.69 Å². The van der Waals surface area contributed by atoms with E-state index in [1.165, 1.54) is 43.6 Å². The second-order valence-corrected chi connectivity index (χ2v) is 6.04. The summed E-state index contributed by atoms with van der Waals surface area (Å²) in [7, 11) is 0. The van der Waals surface area contributed by atoms with Crippen molar-refractivity contribution in [2.45, 2.75) is 52.6 Å². The molecule has 1 aromatic rings. The number of rotatable bonds is 6. The van der Waals surface area contributed by atoms with Gasteiger partial charge in [0.2, 0.25) is 0 Å². The highest BCUT2D eigenvalue weighted by Crippen LogP contribution is 2.22. The molecule has 0 spiro atoms. The summed E-state index contributed by atoms with van der Waals surface area (Å²) in [5.41, 5.74) is 2.78. The van der Waals surface area contributed by atoms with E-state index >= 15 is 0 Å². The average molecular weight is 260 g/mol. The van der Waals surface area contributed by atoms with E-state index in [4.69, 9.17) is 0 Å². The van der Waals surface area contributed by atoms with Gasteiger partial charge in [-0.25, -0.2) is 0 Å². The van der Waals surface area contributed by atoms with Gasteiger partial charge in [0, 0.05) is 18.3 Å². The second-order valence-electron chi connectivity index (χ2n) is 6.04. The molecule has 2 heteroatoms. The number of likely N-dealkylation sites (tertiary alicyclic amines) is 1. The molecule has 2 rings (SSSR count). The Labute approximate surface area is 118 Å². The minimum Gasteiger partial charge on any atom is -0.382 e. The van der Waals surface area contributed by atoms with Crippen molar-refractivity contribution in [3.63, 3.8) is 0 Å². The Balaban J connectivity index is 2.06. The minimum absolute atomic E-state index is 0.569. The highest BCUT2D eigenvalue weighted by atomic mass is 15.1. The van der Waals surface area contributed by atoms with Gasteiger partial charge < -0.3 is 5.32 Å². The molecular formula is C17H28N2. The van der Waals surface area contributed by atoms with E-state index in [1.807, 2.05) is 0 Å². The lowest BCUT2D eigenvalue weighted by Gasteiger charge is -2.25. The fourth-order valence-corrected chi connectivity index (χ4v) is 2.92. The van der Waals surface area contributed by atoms with E-state index in [9.17, 15) is 0 Å². The van der Waals surface area contributed by atoms with Crippen molar-refractivity contribution in [3.05, 3.63) is 29.8 Å². The van der Waals surface area contributed by atoms with Crippen LogP contribution in [0.5, 0.6) is 0 Å². The first-order valence-corrected chi connectivity index (χ1v) is 7.77. The molecular weight excluding hydrogens is 232 g/mol. The topological polar surface area (TPSA) is 15.3 Å². The van der Waals surface area contributed by atoms with Crippen LogP contribution < -0.4 is 5.32 Å². The monoisotopic (exact) mass is 260 g/mol. The van der Waals surface area contributed by atoms with E-state index < -0.39 is 0 Å². The molecule has 1 unspecified atom stereocenters. The number of para-hydroxylation sites is 1. The smallest absolute Gasteiger partial charge is 0.0388 e. The third-order valence-corrected chi connectivity index (χ3v) is 4.20. The zero-order valence-electron chi connectivity index (χ0n) is 12.7. The van der Waals surface area contributed by atoms with Crippen LogP contribution >= 0.6 is 0 Å². The number of nitrogens with zero attached hydrogens (tertiary/aromatic N) is 1. The van der Waals surface area contributed by atoms with Crippen molar-refractivity contribution in [2.75, 3.05) is 18.4 Å². The van der Waals surface area contributed by atoms with Crippen LogP contribution in [0.15, 0.2) is 24.3 Å². The van der Waals surface area contributed by atoms with Gasteiger partial charge in [0.25, 0.3) is 0 Å². The molecule has 0 aromatic heterocycles. The van der Waals surface area contributed by atoms with Crippen LogP contribution in [0.4, 0.5) is 5.69 Å². The zero-order valence-corrected chi connectivity index (χ0v) is 12.7. The van der Waals surface area contributed by atoms with Gasteiger partial charge in [-0.1, -0.05) is 39.0 Å². The average Bonchev–Trinajstić information content (AvgIpc) is 2.90. The molecule has 0 aliphatic carbocycles. The van der Waals surface area contributed by atoms with Gasteiger partial charge in [0.1, 0.15) is 0 Å². The fourth-order valence-electron chi connectivity index (χ4n) is 2.92. The number of anilines is 1. The lowest BCUT2D eigenvalue weighted by molar-refractivity contribution is 0.331. The lowest BCUT2D eigenvalue weighted by atomic mass is 10.0. The predicted molar refractivity (Wildman–Crippen MR) is 83.5 cm³/mol. The summed E-state index contributed by atoms with van der Waals surface area (Å²) >= 11 is 0. The largest absolute Gasteiger partial charge is 0.382 e. The molecule has 106 valence electrons. The van der Waals surface area contributed by atoms with E-state index in [1.54, 1.807) is 0 Å². The van der Waals surface area contributed by atoms with Gasteiger partial charge in [-0.15, -0.1) is 0 Å². The van der Waals surface area contributed by atoms with Crippen LogP contribution in [0.3, 0.4) is 0 Å². The molecule has 1 saturated heterocycles. The maximum absolute atomic E-state index is 3.74. The first kappa shape index (κ1) is 14.4. The predicted octanol–water partition coefficient (Wildman–Crippen LogP) is 4.13. The fraction of sp³-hybridized carbons (Fsp3) is 0.647. The first-order valence-electron chi connectivity index (χ1n) is 7.77. The van der Waals surface area contributed by atoms with Gasteiger partial charge in [0.05, 0.1) is 0 Å². The van der Waals surface area contributed by atoms with E-state index in [2.05, 4.69) is 55.3 Å². The van der Waals surface area contributed by atoms with Crippen molar-refractivity contribution in [3.8, 4) is 0 Å². The quantitative estimate of drug-likeness (QED) is 0.827. The molecule has 1 aliphatic rings. The van der Waals surface area contributed by atoms with Gasteiger partial charge >= 0.3 is 0 Å². The highest BCUT2D eigenvalue weighted by molar-refractivity contribution is 5.51. The van der Waals surface area contributed by atoms with Crippen LogP contribution in [0.1, 0.15) is 45.6 Å². The second kappa shape index (κ2) is 6.95. The normalized spacial score (nSPS) is 17.9. The molecule has 1 N–H and O–H groups in total. The van der Waals surface area contributed by atoms with Crippen LogP contribution in [0.2, 0.25) is 0 Å². The first-order chi connectivity index (χ1) is 9.20. The Morgan fingerprint density at radius 3 is 2.47 bits per heavy atom. The maximum Gasteiger partial charge on any atom is 0.0388 e. The molecule has 0 radical (unpaired) electrons. The van der Waals surface area contributed by atoms with E-state index in [-0.39, 0.29) is 0 Å². The Bertz CT molecular complexity index is 381. The molecule has 1 fully saturated rings. The van der Waals surface area contributed by atoms with Crippen LogP contribution in [-0.4, -0.2) is 24.0 Å². The molecule has 1 aliphatic heterocycles. The SMILES string of the molecule is CCC(Nc1ccccc1CN1CCCC1)C(C)C. The summed E-state index contributed by atoms with van der Waals surface area (Å²) in [5, 5.41) is 3.74. The molecule has 0 saturated carbocycles. The Morgan fingerprint density at radius 1 is 1.16 bits per heavy atom. The molecule has 2 nitrogen and oxygen atoms in total. The van der Waals surface area contributed by atoms with Crippen molar-refractivity contribution in [1.82, 2.24) is 4.90 Å². The van der Waals surface area contributed by atoms with E-state index in [0.29, 0.717) is 12.0 Å². The summed E-state index contributed by atoms with van der Waals surface area (Å²) in [5.74, 6) is 0.671. The summed E-state index contributed by atoms with van der Waals surface area (Å²) in [6, 6.07) is 9.37.